The first-order chi connectivity index (χ1) is 16.6. The number of carboxylic acid groups (broad SMARTS) is 1. The second-order valence-electron chi connectivity index (χ2n) is 8.50. The van der Waals surface area contributed by atoms with Gasteiger partial charge >= 0.3 is 11.9 Å². The molecule has 2 aromatic rings. The number of phenols is 2. The highest BCUT2D eigenvalue weighted by Crippen LogP contribution is 2.42. The van der Waals surface area contributed by atoms with Gasteiger partial charge in [-0.1, -0.05) is 23.8 Å². The Morgan fingerprint density at radius 1 is 1.20 bits per heavy atom. The van der Waals surface area contributed by atoms with Crippen LogP contribution in [0.25, 0.3) is 0 Å². The smallest absolute Gasteiger partial charge is 0.342 e. The number of carbonyl (C=O) groups is 3. The third-order valence-corrected chi connectivity index (χ3v) is 6.06. The quantitative estimate of drug-likeness (QED) is 0.298. The summed E-state index contributed by atoms with van der Waals surface area (Å²) in [5.74, 6) is -1.72. The lowest BCUT2D eigenvalue weighted by molar-refractivity contribution is -0.141. The molecule has 0 fully saturated rings. The van der Waals surface area contributed by atoms with Crippen molar-refractivity contribution in [2.45, 2.75) is 52.2 Å². The molecule has 186 valence electrons. The zero-order chi connectivity index (χ0) is 25.7. The molecule has 3 rings (SSSR count). The van der Waals surface area contributed by atoms with Crippen molar-refractivity contribution >= 4 is 17.8 Å². The monoisotopic (exact) mass is 483 g/mol. The summed E-state index contributed by atoms with van der Waals surface area (Å²) in [6.45, 7) is 3.73. The van der Waals surface area contributed by atoms with Gasteiger partial charge in [0.15, 0.2) is 0 Å². The van der Waals surface area contributed by atoms with Gasteiger partial charge in [-0.25, -0.2) is 9.59 Å². The van der Waals surface area contributed by atoms with Crippen LogP contribution in [0.4, 0.5) is 0 Å². The van der Waals surface area contributed by atoms with Crippen LogP contribution in [0.2, 0.25) is 0 Å². The van der Waals surface area contributed by atoms with Gasteiger partial charge in [0.25, 0.3) is 0 Å². The Labute approximate surface area is 203 Å². The van der Waals surface area contributed by atoms with Crippen LogP contribution in [-0.2, 0) is 33.8 Å². The zero-order valence-electron chi connectivity index (χ0n) is 19.9. The molecule has 0 saturated carbocycles. The first kappa shape index (κ1) is 25.6. The van der Waals surface area contributed by atoms with Crippen LogP contribution in [0, 0.1) is 6.92 Å². The molecule has 1 amide bonds. The number of fused-ring (bicyclic) bond motifs is 1. The number of hydrogen-bond donors (Lipinski definition) is 4. The number of nitrogens with one attached hydrogen (secondary N) is 1. The van der Waals surface area contributed by atoms with Crippen LogP contribution in [0.15, 0.2) is 35.9 Å². The number of carboxylic acids is 1. The number of aromatic hydroxyl groups is 2. The second kappa shape index (κ2) is 10.9. The van der Waals surface area contributed by atoms with Crippen molar-refractivity contribution in [1.82, 2.24) is 5.32 Å². The minimum Gasteiger partial charge on any atom is -0.508 e. The van der Waals surface area contributed by atoms with Gasteiger partial charge < -0.3 is 30.1 Å². The molecule has 35 heavy (non-hydrogen) atoms. The first-order valence-electron chi connectivity index (χ1n) is 11.2. The van der Waals surface area contributed by atoms with E-state index in [0.29, 0.717) is 28.9 Å². The largest absolute Gasteiger partial charge is 0.508 e. The van der Waals surface area contributed by atoms with Gasteiger partial charge in [-0.3, -0.25) is 4.79 Å². The molecule has 9 heteroatoms. The topological polar surface area (TPSA) is 142 Å². The first-order valence-corrected chi connectivity index (χ1v) is 11.2. The van der Waals surface area contributed by atoms with Crippen molar-refractivity contribution in [3.05, 3.63) is 63.7 Å². The molecule has 0 spiro atoms. The predicted molar refractivity (Wildman–Crippen MR) is 127 cm³/mol. The number of cyclic esters (lactones) is 1. The number of ether oxygens (including phenoxy) is 2. The lowest BCUT2D eigenvalue weighted by Crippen LogP contribution is -2.42. The molecule has 9 nitrogen and oxygen atoms in total. The number of phenolic OH excluding ortho intramolecular Hbond substituents is 2. The SMILES string of the molecule is COc1c(C)c2c(c(O)c1C/C=C(\C)CCC(=O)N[C@@H](Cc1ccc(O)cc1)C(=O)O)C(=O)OC2. The maximum atomic E-state index is 12.4. The van der Waals surface area contributed by atoms with E-state index in [-0.39, 0.29) is 42.9 Å². The summed E-state index contributed by atoms with van der Waals surface area (Å²) in [5.41, 5.74) is 3.51. The van der Waals surface area contributed by atoms with Crippen molar-refractivity contribution in [3.8, 4) is 17.2 Å². The summed E-state index contributed by atoms with van der Waals surface area (Å²) >= 11 is 0. The van der Waals surface area contributed by atoms with E-state index >= 15 is 0 Å². The standard InChI is InChI=1S/C26H29NO8/c1-14(4-10-18-23(30)22-19(13-35-26(22)33)15(2)24(18)34-3)5-11-21(29)27-20(25(31)32)12-16-6-8-17(28)9-7-16/h4,6-9,20,28,30H,5,10-13H2,1-3H3,(H,27,29)(H,31,32)/b14-4+/t20-/m0/s1. The van der Waals surface area contributed by atoms with E-state index in [9.17, 15) is 29.7 Å². The highest BCUT2D eigenvalue weighted by molar-refractivity contribution is 5.98. The normalized spacial score (nSPS) is 13.7. The molecule has 0 unspecified atom stereocenters. The summed E-state index contributed by atoms with van der Waals surface area (Å²) in [5, 5.41) is 32.1. The molecule has 1 aliphatic rings. The molecule has 0 radical (unpaired) electrons. The van der Waals surface area contributed by atoms with Crippen molar-refractivity contribution < 1.29 is 39.2 Å². The Kier molecular flexibility index (Phi) is 8.01. The van der Waals surface area contributed by atoms with Gasteiger partial charge in [-0.15, -0.1) is 0 Å². The van der Waals surface area contributed by atoms with Crippen molar-refractivity contribution in [2.75, 3.05) is 7.11 Å². The van der Waals surface area contributed by atoms with Crippen LogP contribution >= 0.6 is 0 Å². The Hall–Kier alpha value is -4.01. The molecule has 0 bridgehead atoms. The van der Waals surface area contributed by atoms with Crippen LogP contribution in [0.3, 0.4) is 0 Å². The number of methoxy groups -OCH3 is 1. The molecule has 0 aliphatic carbocycles. The van der Waals surface area contributed by atoms with Crippen LogP contribution in [0.5, 0.6) is 17.2 Å². The molecule has 1 atom stereocenters. The molecule has 2 aromatic carbocycles. The Morgan fingerprint density at radius 3 is 2.51 bits per heavy atom. The van der Waals surface area contributed by atoms with E-state index in [0.717, 1.165) is 11.1 Å². The van der Waals surface area contributed by atoms with Crippen LogP contribution in [0.1, 0.15) is 52.4 Å². The highest BCUT2D eigenvalue weighted by Gasteiger charge is 2.31. The number of amides is 1. The zero-order valence-corrected chi connectivity index (χ0v) is 19.9. The number of carbonyl (C=O) groups excluding carboxylic acids is 2. The predicted octanol–water partition coefficient (Wildman–Crippen LogP) is 3.17. The number of allylic oxidation sites excluding steroid dienone is 2. The van der Waals surface area contributed by atoms with Crippen molar-refractivity contribution in [1.29, 1.82) is 0 Å². The summed E-state index contributed by atoms with van der Waals surface area (Å²) < 4.78 is 10.5. The van der Waals surface area contributed by atoms with E-state index in [4.69, 9.17) is 9.47 Å². The number of rotatable bonds is 10. The lowest BCUT2D eigenvalue weighted by atomic mass is 9.94. The third kappa shape index (κ3) is 5.92. The fourth-order valence-corrected chi connectivity index (χ4v) is 4.05. The van der Waals surface area contributed by atoms with E-state index < -0.39 is 23.9 Å². The highest BCUT2D eigenvalue weighted by atomic mass is 16.5. The summed E-state index contributed by atoms with van der Waals surface area (Å²) in [6.07, 6.45) is 2.67. The minimum atomic E-state index is -1.15. The van der Waals surface area contributed by atoms with E-state index in [1.54, 1.807) is 19.1 Å². The van der Waals surface area contributed by atoms with E-state index in [1.807, 2.05) is 13.0 Å². The summed E-state index contributed by atoms with van der Waals surface area (Å²) in [6, 6.07) is 5.04. The Morgan fingerprint density at radius 2 is 1.89 bits per heavy atom. The van der Waals surface area contributed by atoms with Gasteiger partial charge in [0.2, 0.25) is 5.91 Å². The van der Waals surface area contributed by atoms with Gasteiger partial charge in [0, 0.05) is 24.0 Å². The maximum Gasteiger partial charge on any atom is 0.342 e. The average molecular weight is 484 g/mol. The maximum absolute atomic E-state index is 12.4. The Balaban J connectivity index is 1.63. The van der Waals surface area contributed by atoms with Crippen molar-refractivity contribution in [3.63, 3.8) is 0 Å². The Bertz CT molecular complexity index is 1170. The average Bonchev–Trinajstić information content (AvgIpc) is 3.21. The van der Waals surface area contributed by atoms with Crippen molar-refractivity contribution in [2.24, 2.45) is 0 Å². The molecule has 0 aromatic heterocycles. The second-order valence-corrected chi connectivity index (χ2v) is 8.50. The minimum absolute atomic E-state index is 0.0767. The van der Waals surface area contributed by atoms with Gasteiger partial charge in [0.1, 0.15) is 35.5 Å². The molecular weight excluding hydrogens is 454 g/mol. The van der Waals surface area contributed by atoms with Gasteiger partial charge in [0.05, 0.1) is 7.11 Å². The number of aliphatic carboxylic acids is 1. The van der Waals surface area contributed by atoms with E-state index in [1.165, 1.54) is 19.2 Å². The fraction of sp³-hybridized carbons (Fsp3) is 0.346. The van der Waals surface area contributed by atoms with Crippen LogP contribution in [-0.4, -0.2) is 46.3 Å². The van der Waals surface area contributed by atoms with E-state index in [2.05, 4.69) is 5.32 Å². The molecule has 0 saturated heterocycles. The molecular formula is C26H29NO8. The van der Waals surface area contributed by atoms with Crippen LogP contribution < -0.4 is 10.1 Å². The lowest BCUT2D eigenvalue weighted by Gasteiger charge is -2.16. The number of hydrogen-bond acceptors (Lipinski definition) is 7. The number of benzene rings is 2. The molecule has 4 N–H and O–H groups in total. The molecule has 1 aliphatic heterocycles. The number of esters is 1. The summed E-state index contributed by atoms with van der Waals surface area (Å²) in [7, 11) is 1.49. The van der Waals surface area contributed by atoms with Gasteiger partial charge in [-0.2, -0.15) is 0 Å². The summed E-state index contributed by atoms with van der Waals surface area (Å²) in [4.78, 5) is 36.0. The fourth-order valence-electron chi connectivity index (χ4n) is 4.05. The van der Waals surface area contributed by atoms with Gasteiger partial charge in [-0.05, 0) is 49.9 Å². The molecule has 1 heterocycles. The third-order valence-electron chi connectivity index (χ3n) is 6.06.